The van der Waals surface area contributed by atoms with Gasteiger partial charge in [0.1, 0.15) is 16.9 Å². The van der Waals surface area contributed by atoms with E-state index in [4.69, 9.17) is 14.2 Å². The molecular weight excluding hydrogens is 388 g/mol. The first-order chi connectivity index (χ1) is 13.5. The maximum absolute atomic E-state index is 13.1. The summed E-state index contributed by atoms with van der Waals surface area (Å²) in [6.45, 7) is 14.6. The summed E-state index contributed by atoms with van der Waals surface area (Å²) in [5.41, 5.74) is -2.18. The highest BCUT2D eigenvalue weighted by Crippen LogP contribution is 2.52. The summed E-state index contributed by atoms with van der Waals surface area (Å²) in [5.74, 6) is -0.351. The van der Waals surface area contributed by atoms with Crippen molar-refractivity contribution in [3.63, 3.8) is 0 Å². The van der Waals surface area contributed by atoms with E-state index in [1.54, 1.807) is 61.5 Å². The Balaban J connectivity index is 1.84. The van der Waals surface area contributed by atoms with Gasteiger partial charge in [-0.15, -0.1) is 0 Å². The number of rotatable bonds is 1. The Morgan fingerprint density at radius 1 is 1.03 bits per heavy atom. The standard InChI is InChI=1S/C22H34N2O6/c1-19(2,3)29-17(26)23-15(13-28-21(23,7)8)11-14-12-22(9-10-22)24(16(14)25)18(27)30-20(4,5)6/h11,15H,9-10,12-13H2,1-8H3/t15-/m0/s1. The van der Waals surface area contributed by atoms with Gasteiger partial charge >= 0.3 is 12.2 Å². The number of likely N-dealkylation sites (tertiary alicyclic amines) is 1. The number of hydrogen-bond donors (Lipinski definition) is 0. The first kappa shape index (κ1) is 22.6. The van der Waals surface area contributed by atoms with Crippen LogP contribution in [0.15, 0.2) is 11.6 Å². The van der Waals surface area contributed by atoms with E-state index in [-0.39, 0.29) is 12.5 Å². The third-order valence-corrected chi connectivity index (χ3v) is 5.38. The highest BCUT2D eigenvalue weighted by atomic mass is 16.6. The third kappa shape index (κ3) is 4.48. The molecule has 1 saturated carbocycles. The molecule has 8 heteroatoms. The number of amides is 3. The molecule has 0 bridgehead atoms. The van der Waals surface area contributed by atoms with E-state index in [1.165, 1.54) is 9.80 Å². The highest BCUT2D eigenvalue weighted by Gasteiger charge is 2.60. The van der Waals surface area contributed by atoms with Gasteiger partial charge < -0.3 is 14.2 Å². The van der Waals surface area contributed by atoms with E-state index in [9.17, 15) is 14.4 Å². The van der Waals surface area contributed by atoms with Crippen LogP contribution in [0.4, 0.5) is 9.59 Å². The maximum atomic E-state index is 13.1. The molecule has 0 radical (unpaired) electrons. The first-order valence-corrected chi connectivity index (χ1v) is 10.5. The SMILES string of the molecule is CC(C)(C)OC(=O)N1C(=O)C(=C[C@H]2COC(C)(C)N2C(=O)OC(C)(C)C)CC12CC2. The molecule has 0 N–H and O–H groups in total. The molecule has 1 aliphatic carbocycles. The third-order valence-electron chi connectivity index (χ3n) is 5.38. The van der Waals surface area contributed by atoms with Gasteiger partial charge in [-0.3, -0.25) is 9.69 Å². The Bertz CT molecular complexity index is 782. The van der Waals surface area contributed by atoms with Gasteiger partial charge in [-0.1, -0.05) is 6.08 Å². The largest absolute Gasteiger partial charge is 0.444 e. The fourth-order valence-corrected chi connectivity index (χ4v) is 3.98. The van der Waals surface area contributed by atoms with Crippen LogP contribution in [0.5, 0.6) is 0 Å². The summed E-state index contributed by atoms with van der Waals surface area (Å²) >= 11 is 0. The van der Waals surface area contributed by atoms with Crippen LogP contribution in [0.25, 0.3) is 0 Å². The average molecular weight is 423 g/mol. The Hall–Kier alpha value is -2.09. The van der Waals surface area contributed by atoms with Crippen LogP contribution in [-0.4, -0.2) is 63.0 Å². The van der Waals surface area contributed by atoms with Gasteiger partial charge in [-0.05, 0) is 68.2 Å². The second kappa shape index (κ2) is 6.97. The Labute approximate surface area is 178 Å². The van der Waals surface area contributed by atoms with Crippen molar-refractivity contribution in [2.24, 2.45) is 0 Å². The molecule has 168 valence electrons. The van der Waals surface area contributed by atoms with E-state index in [0.717, 1.165) is 12.8 Å². The summed E-state index contributed by atoms with van der Waals surface area (Å²) in [6.07, 6.45) is 2.63. The van der Waals surface area contributed by atoms with E-state index in [1.807, 2.05) is 0 Å². The highest BCUT2D eigenvalue weighted by molar-refractivity contribution is 6.06. The van der Waals surface area contributed by atoms with Crippen LogP contribution in [0.2, 0.25) is 0 Å². The fraction of sp³-hybridized carbons (Fsp3) is 0.773. The lowest BCUT2D eigenvalue weighted by Crippen LogP contribution is -2.49. The summed E-state index contributed by atoms with van der Waals surface area (Å²) < 4.78 is 16.8. The summed E-state index contributed by atoms with van der Waals surface area (Å²) in [5, 5.41) is 0. The molecule has 8 nitrogen and oxygen atoms in total. The lowest BCUT2D eigenvalue weighted by atomic mass is 10.1. The topological polar surface area (TPSA) is 85.4 Å². The Morgan fingerprint density at radius 2 is 1.57 bits per heavy atom. The van der Waals surface area contributed by atoms with Crippen molar-refractivity contribution in [1.29, 1.82) is 0 Å². The van der Waals surface area contributed by atoms with E-state index in [0.29, 0.717) is 12.0 Å². The molecule has 3 aliphatic rings. The average Bonchev–Trinajstić information content (AvgIpc) is 3.12. The van der Waals surface area contributed by atoms with Crippen LogP contribution in [0.1, 0.15) is 74.7 Å². The van der Waals surface area contributed by atoms with Crippen molar-refractivity contribution in [2.45, 2.75) is 103 Å². The second-order valence-electron chi connectivity index (χ2n) is 10.9. The zero-order valence-corrected chi connectivity index (χ0v) is 19.3. The molecule has 0 aromatic heterocycles. The molecule has 1 spiro atoms. The number of imide groups is 1. The number of carbonyl (C=O) groups excluding carboxylic acids is 3. The summed E-state index contributed by atoms with van der Waals surface area (Å²) in [6, 6.07) is -0.455. The minimum atomic E-state index is -0.867. The summed E-state index contributed by atoms with van der Waals surface area (Å²) in [7, 11) is 0. The molecule has 3 rings (SSSR count). The zero-order chi connectivity index (χ0) is 22.7. The lowest BCUT2D eigenvalue weighted by Gasteiger charge is -2.34. The minimum absolute atomic E-state index is 0.252. The molecule has 2 heterocycles. The molecule has 0 aromatic rings. The smallest absolute Gasteiger partial charge is 0.417 e. The van der Waals surface area contributed by atoms with E-state index < -0.39 is 40.7 Å². The predicted molar refractivity (Wildman–Crippen MR) is 110 cm³/mol. The van der Waals surface area contributed by atoms with Gasteiger partial charge in [0.2, 0.25) is 0 Å². The normalized spacial score (nSPS) is 26.5. The number of nitrogens with zero attached hydrogens (tertiary/aromatic N) is 2. The zero-order valence-electron chi connectivity index (χ0n) is 19.3. The number of hydrogen-bond acceptors (Lipinski definition) is 6. The maximum Gasteiger partial charge on any atom is 0.417 e. The Morgan fingerprint density at radius 3 is 2.07 bits per heavy atom. The van der Waals surface area contributed by atoms with Crippen molar-refractivity contribution in [3.8, 4) is 0 Å². The molecule has 0 aromatic carbocycles. The van der Waals surface area contributed by atoms with Crippen LogP contribution >= 0.6 is 0 Å². The monoisotopic (exact) mass is 422 g/mol. The molecule has 3 fully saturated rings. The quantitative estimate of drug-likeness (QED) is 0.594. The Kier molecular flexibility index (Phi) is 5.25. The molecular formula is C22H34N2O6. The van der Waals surface area contributed by atoms with Gasteiger partial charge in [0, 0.05) is 12.0 Å². The van der Waals surface area contributed by atoms with Crippen LogP contribution in [0, 0.1) is 0 Å². The molecule has 3 amide bonds. The van der Waals surface area contributed by atoms with Crippen LogP contribution in [-0.2, 0) is 19.0 Å². The van der Waals surface area contributed by atoms with Crippen molar-refractivity contribution in [1.82, 2.24) is 9.80 Å². The van der Waals surface area contributed by atoms with E-state index in [2.05, 4.69) is 0 Å². The van der Waals surface area contributed by atoms with Gasteiger partial charge in [-0.25, -0.2) is 14.5 Å². The fourth-order valence-electron chi connectivity index (χ4n) is 3.98. The first-order valence-electron chi connectivity index (χ1n) is 10.5. The van der Waals surface area contributed by atoms with Crippen molar-refractivity contribution in [2.75, 3.05) is 6.61 Å². The van der Waals surface area contributed by atoms with Gasteiger partial charge in [-0.2, -0.15) is 0 Å². The lowest BCUT2D eigenvalue weighted by molar-refractivity contribution is -0.126. The van der Waals surface area contributed by atoms with Crippen molar-refractivity contribution >= 4 is 18.1 Å². The van der Waals surface area contributed by atoms with Gasteiger partial charge in [0.05, 0.1) is 18.2 Å². The van der Waals surface area contributed by atoms with Crippen LogP contribution < -0.4 is 0 Å². The van der Waals surface area contributed by atoms with Crippen molar-refractivity contribution in [3.05, 3.63) is 11.6 Å². The number of ether oxygens (including phenoxy) is 3. The number of carbonyl (C=O) groups is 3. The molecule has 2 aliphatic heterocycles. The van der Waals surface area contributed by atoms with E-state index >= 15 is 0 Å². The predicted octanol–water partition coefficient (Wildman–Crippen LogP) is 3.98. The van der Waals surface area contributed by atoms with Gasteiger partial charge in [0.15, 0.2) is 0 Å². The molecule has 0 unspecified atom stereocenters. The van der Waals surface area contributed by atoms with Crippen LogP contribution in [0.3, 0.4) is 0 Å². The van der Waals surface area contributed by atoms with Gasteiger partial charge in [0.25, 0.3) is 5.91 Å². The molecule has 30 heavy (non-hydrogen) atoms. The molecule has 2 saturated heterocycles. The summed E-state index contributed by atoms with van der Waals surface area (Å²) in [4.78, 5) is 41.4. The molecule has 1 atom stereocenters. The second-order valence-corrected chi connectivity index (χ2v) is 10.9. The minimum Gasteiger partial charge on any atom is -0.444 e. The van der Waals surface area contributed by atoms with Crippen molar-refractivity contribution < 1.29 is 28.6 Å².